The third-order valence-corrected chi connectivity index (χ3v) is 7.73. The number of amides is 1. The number of allylic oxidation sites excluding steroid dienone is 4. The van der Waals surface area contributed by atoms with Crippen molar-refractivity contribution in [1.82, 2.24) is 0 Å². The van der Waals surface area contributed by atoms with E-state index in [0.717, 1.165) is 27.4 Å². The van der Waals surface area contributed by atoms with Gasteiger partial charge in [-0.1, -0.05) is 41.6 Å². The van der Waals surface area contributed by atoms with Crippen LogP contribution in [0.2, 0.25) is 0 Å². The van der Waals surface area contributed by atoms with E-state index in [-0.39, 0.29) is 23.0 Å². The highest BCUT2D eigenvalue weighted by Gasteiger charge is 2.31. The van der Waals surface area contributed by atoms with Gasteiger partial charge in [0.05, 0.1) is 29.8 Å². The Balaban J connectivity index is 1.40. The molecular weight excluding hydrogens is 528 g/mol. The maximum atomic E-state index is 13.1. The Morgan fingerprint density at radius 3 is 2.62 bits per heavy atom. The molecule has 1 aliphatic carbocycles. The predicted molar refractivity (Wildman–Crippen MR) is 157 cm³/mol. The zero-order chi connectivity index (χ0) is 28.5. The van der Waals surface area contributed by atoms with Crippen LogP contribution in [0.3, 0.4) is 0 Å². The van der Waals surface area contributed by atoms with Crippen LogP contribution in [0.25, 0.3) is 0 Å². The molecule has 0 N–H and O–H groups in total. The van der Waals surface area contributed by atoms with Crippen LogP contribution in [0.15, 0.2) is 76.8 Å². The van der Waals surface area contributed by atoms with Gasteiger partial charge in [0.15, 0.2) is 6.10 Å². The van der Waals surface area contributed by atoms with Gasteiger partial charge in [0.25, 0.3) is 0 Å². The van der Waals surface area contributed by atoms with Crippen LogP contribution < -0.4 is 9.64 Å². The van der Waals surface area contributed by atoms with E-state index < -0.39 is 6.10 Å². The Bertz CT molecular complexity index is 1270. The van der Waals surface area contributed by atoms with E-state index >= 15 is 0 Å². The Hall–Kier alpha value is -3.56. The van der Waals surface area contributed by atoms with Crippen molar-refractivity contribution >= 4 is 35.0 Å². The summed E-state index contributed by atoms with van der Waals surface area (Å²) in [7, 11) is 1.55. The van der Waals surface area contributed by atoms with Crippen molar-refractivity contribution in [3.05, 3.63) is 77.9 Å². The van der Waals surface area contributed by atoms with E-state index in [4.69, 9.17) is 19.0 Å². The van der Waals surface area contributed by atoms with E-state index in [1.807, 2.05) is 68.5 Å². The molecule has 2 aliphatic rings. The minimum absolute atomic E-state index is 0.00959. The molecule has 4 rings (SSSR count). The first kappa shape index (κ1) is 29.4. The number of nitrogens with zero attached hydrogens (tertiary/aromatic N) is 2. The second-order valence-corrected chi connectivity index (χ2v) is 10.7. The number of carbonyl (C=O) groups excluding carboxylic acids is 2. The molecule has 3 atom stereocenters. The van der Waals surface area contributed by atoms with Crippen LogP contribution in [0.1, 0.15) is 37.8 Å². The number of oxime groups is 1. The molecule has 2 aromatic carbocycles. The topological polar surface area (TPSA) is 86.7 Å². The minimum Gasteiger partial charge on any atom is -0.492 e. The molecule has 0 saturated heterocycles. The van der Waals surface area contributed by atoms with E-state index in [9.17, 15) is 9.59 Å². The number of fused-ring (bicyclic) bond motifs is 1. The number of esters is 1. The van der Waals surface area contributed by atoms with E-state index in [1.54, 1.807) is 30.7 Å². The van der Waals surface area contributed by atoms with Gasteiger partial charge in [0.2, 0.25) is 5.91 Å². The van der Waals surface area contributed by atoms with Crippen molar-refractivity contribution < 1.29 is 28.6 Å². The number of hydrogen-bond acceptors (Lipinski definition) is 8. The standard InChI is InChI=1S/C31H36N2O6S/c1-5-37-28(31(35)38-6-2)19-22-11-14-24(15-12-22)39-18-17-33-27-16-13-23(20-29(27)40-21(3)30(33)34)25-9-7-8-10-26(25)32-36-4/h7-16,20-21,25,28H,5-6,17-19H2,1-4H3. The van der Waals surface area contributed by atoms with Gasteiger partial charge in [-0.15, -0.1) is 11.8 Å². The Labute approximate surface area is 240 Å². The van der Waals surface area contributed by atoms with E-state index in [0.29, 0.717) is 38.5 Å². The van der Waals surface area contributed by atoms with Crippen molar-refractivity contribution in [2.45, 2.75) is 49.4 Å². The van der Waals surface area contributed by atoms with Gasteiger partial charge < -0.3 is 23.9 Å². The molecule has 0 spiro atoms. The molecule has 1 amide bonds. The third kappa shape index (κ3) is 7.14. The van der Waals surface area contributed by atoms with Crippen LogP contribution in [0.5, 0.6) is 5.75 Å². The molecule has 0 radical (unpaired) electrons. The van der Waals surface area contributed by atoms with Crippen LogP contribution in [-0.4, -0.2) is 62.4 Å². The zero-order valence-corrected chi connectivity index (χ0v) is 24.2. The highest BCUT2D eigenvalue weighted by molar-refractivity contribution is 8.01. The lowest BCUT2D eigenvalue weighted by molar-refractivity contribution is -0.156. The Kier molecular flexibility index (Phi) is 10.4. The summed E-state index contributed by atoms with van der Waals surface area (Å²) in [6, 6.07) is 13.7. The first-order chi connectivity index (χ1) is 19.4. The lowest BCUT2D eigenvalue weighted by atomic mass is 9.90. The number of thioether (sulfide) groups is 1. The molecule has 2 aromatic rings. The lowest BCUT2D eigenvalue weighted by Crippen LogP contribution is -2.42. The van der Waals surface area contributed by atoms with Crippen LogP contribution >= 0.6 is 11.8 Å². The maximum absolute atomic E-state index is 13.1. The number of rotatable bonds is 12. The van der Waals surface area contributed by atoms with Crippen molar-refractivity contribution in [3.63, 3.8) is 0 Å². The van der Waals surface area contributed by atoms with Gasteiger partial charge in [0.1, 0.15) is 19.5 Å². The second kappa shape index (κ2) is 14.2. The predicted octanol–water partition coefficient (Wildman–Crippen LogP) is 5.32. The summed E-state index contributed by atoms with van der Waals surface area (Å²) < 4.78 is 16.7. The average Bonchev–Trinajstić information content (AvgIpc) is 2.96. The summed E-state index contributed by atoms with van der Waals surface area (Å²) in [6.45, 7) is 7.08. The smallest absolute Gasteiger partial charge is 0.335 e. The minimum atomic E-state index is -0.633. The summed E-state index contributed by atoms with van der Waals surface area (Å²) in [4.78, 5) is 33.1. The van der Waals surface area contributed by atoms with Gasteiger partial charge in [0, 0.05) is 23.8 Å². The molecule has 8 nitrogen and oxygen atoms in total. The molecule has 9 heteroatoms. The van der Waals surface area contributed by atoms with Gasteiger partial charge in [-0.2, -0.15) is 0 Å². The van der Waals surface area contributed by atoms with Gasteiger partial charge in [-0.3, -0.25) is 4.79 Å². The second-order valence-electron chi connectivity index (χ2n) is 9.29. The number of carbonyl (C=O) groups is 2. The fourth-order valence-corrected chi connectivity index (χ4v) is 5.81. The number of hydrogen-bond donors (Lipinski definition) is 0. The van der Waals surface area contributed by atoms with E-state index in [2.05, 4.69) is 17.3 Å². The fraction of sp³-hybridized carbons (Fsp3) is 0.387. The molecule has 0 aromatic heterocycles. The van der Waals surface area contributed by atoms with Crippen LogP contribution in [0, 0.1) is 0 Å². The summed E-state index contributed by atoms with van der Waals surface area (Å²) in [5.41, 5.74) is 3.76. The summed E-state index contributed by atoms with van der Waals surface area (Å²) in [5.74, 6) is 0.389. The van der Waals surface area contributed by atoms with Crippen molar-refractivity contribution in [1.29, 1.82) is 0 Å². The number of anilines is 1. The third-order valence-electron chi connectivity index (χ3n) is 6.59. The molecule has 0 saturated carbocycles. The molecule has 0 fully saturated rings. The average molecular weight is 565 g/mol. The first-order valence-electron chi connectivity index (χ1n) is 13.5. The summed E-state index contributed by atoms with van der Waals surface area (Å²) >= 11 is 1.57. The maximum Gasteiger partial charge on any atom is 0.335 e. The largest absolute Gasteiger partial charge is 0.492 e. The number of benzene rings is 2. The lowest BCUT2D eigenvalue weighted by Gasteiger charge is -2.33. The van der Waals surface area contributed by atoms with Crippen LogP contribution in [0.4, 0.5) is 5.69 Å². The van der Waals surface area contributed by atoms with Crippen molar-refractivity contribution in [2.24, 2.45) is 5.16 Å². The Morgan fingerprint density at radius 2 is 1.90 bits per heavy atom. The zero-order valence-electron chi connectivity index (χ0n) is 23.4. The highest BCUT2D eigenvalue weighted by Crippen LogP contribution is 2.41. The van der Waals surface area contributed by atoms with Crippen molar-refractivity contribution in [2.75, 3.05) is 38.4 Å². The SMILES string of the molecule is CCOC(=O)C(Cc1ccc(OCCN2C(=O)C(C)Sc3cc(C4C=CC=CC4=NOC)ccc32)cc1)OCC. The fourth-order valence-electron chi connectivity index (χ4n) is 4.69. The summed E-state index contributed by atoms with van der Waals surface area (Å²) in [6.07, 6.45) is 7.78. The van der Waals surface area contributed by atoms with Gasteiger partial charge in [-0.25, -0.2) is 4.79 Å². The molecule has 0 bridgehead atoms. The normalized spacial score (nSPS) is 19.9. The number of ether oxygens (including phenoxy) is 3. The summed E-state index contributed by atoms with van der Waals surface area (Å²) in [5, 5.41) is 3.97. The van der Waals surface area contributed by atoms with E-state index in [1.165, 1.54) is 0 Å². The van der Waals surface area contributed by atoms with Gasteiger partial charge >= 0.3 is 5.97 Å². The quantitative estimate of drug-likeness (QED) is 0.255. The molecular formula is C31H36N2O6S. The molecule has 212 valence electrons. The Morgan fingerprint density at radius 1 is 1.10 bits per heavy atom. The molecule has 1 heterocycles. The highest BCUT2D eigenvalue weighted by atomic mass is 32.2. The molecule has 40 heavy (non-hydrogen) atoms. The monoisotopic (exact) mass is 564 g/mol. The van der Waals surface area contributed by atoms with Crippen LogP contribution in [-0.2, 0) is 30.3 Å². The molecule has 3 unspecified atom stereocenters. The van der Waals surface area contributed by atoms with Crippen molar-refractivity contribution in [3.8, 4) is 5.75 Å². The van der Waals surface area contributed by atoms with Gasteiger partial charge in [-0.05, 0) is 62.2 Å². The molecule has 1 aliphatic heterocycles. The first-order valence-corrected chi connectivity index (χ1v) is 14.4.